The number of amides is 2. The van der Waals surface area contributed by atoms with Crippen LogP contribution in [0.2, 0.25) is 0 Å². The van der Waals surface area contributed by atoms with E-state index < -0.39 is 29.1 Å². The lowest BCUT2D eigenvalue weighted by Crippen LogP contribution is -2.50. The standard InChI is InChI=1S/C17H24F2N2O2/c1-4-5-6-10-20-17(23)15(11(2)3)21-16(22)14-12(18)8-7-9-13(14)19/h7-9,11,15H,4-6,10H2,1-3H3,(H,20,23)(H,21,22)/t15-/m0/s1. The van der Waals surface area contributed by atoms with Gasteiger partial charge < -0.3 is 10.6 Å². The second-order valence-electron chi connectivity index (χ2n) is 5.79. The van der Waals surface area contributed by atoms with E-state index in [0.29, 0.717) is 6.54 Å². The van der Waals surface area contributed by atoms with Crippen LogP contribution in [0.5, 0.6) is 0 Å². The van der Waals surface area contributed by atoms with Crippen molar-refractivity contribution in [2.24, 2.45) is 5.92 Å². The molecule has 0 radical (unpaired) electrons. The fourth-order valence-electron chi connectivity index (χ4n) is 2.16. The summed E-state index contributed by atoms with van der Waals surface area (Å²) in [5.74, 6) is -3.38. The van der Waals surface area contributed by atoms with E-state index in [-0.39, 0.29) is 11.8 Å². The van der Waals surface area contributed by atoms with Crippen molar-refractivity contribution in [2.75, 3.05) is 6.54 Å². The Bertz CT molecular complexity index is 527. The largest absolute Gasteiger partial charge is 0.354 e. The third kappa shape index (κ3) is 5.62. The first kappa shape index (κ1) is 19.1. The number of rotatable bonds is 8. The monoisotopic (exact) mass is 326 g/mol. The molecular formula is C17H24F2N2O2. The molecule has 23 heavy (non-hydrogen) atoms. The molecule has 0 bridgehead atoms. The van der Waals surface area contributed by atoms with Gasteiger partial charge in [0, 0.05) is 6.54 Å². The number of hydrogen-bond acceptors (Lipinski definition) is 2. The second kappa shape index (κ2) is 9.22. The van der Waals surface area contributed by atoms with Gasteiger partial charge in [-0.05, 0) is 24.5 Å². The Balaban J connectivity index is 2.76. The minimum Gasteiger partial charge on any atom is -0.354 e. The summed E-state index contributed by atoms with van der Waals surface area (Å²) in [6.07, 6.45) is 2.88. The van der Waals surface area contributed by atoms with E-state index in [0.717, 1.165) is 31.4 Å². The van der Waals surface area contributed by atoms with Crippen LogP contribution < -0.4 is 10.6 Å². The van der Waals surface area contributed by atoms with E-state index in [2.05, 4.69) is 17.6 Å². The number of unbranched alkanes of at least 4 members (excludes halogenated alkanes) is 2. The molecular weight excluding hydrogens is 302 g/mol. The zero-order chi connectivity index (χ0) is 17.4. The van der Waals surface area contributed by atoms with Gasteiger partial charge in [-0.1, -0.05) is 39.7 Å². The molecule has 0 aliphatic carbocycles. The van der Waals surface area contributed by atoms with Gasteiger partial charge in [0.05, 0.1) is 0 Å². The molecule has 1 atom stereocenters. The maximum atomic E-state index is 13.6. The maximum absolute atomic E-state index is 13.6. The average molecular weight is 326 g/mol. The minimum absolute atomic E-state index is 0.208. The van der Waals surface area contributed by atoms with E-state index in [1.54, 1.807) is 13.8 Å². The van der Waals surface area contributed by atoms with Crippen molar-refractivity contribution >= 4 is 11.8 Å². The molecule has 2 amide bonds. The van der Waals surface area contributed by atoms with Gasteiger partial charge in [0.25, 0.3) is 5.91 Å². The van der Waals surface area contributed by atoms with Gasteiger partial charge in [-0.15, -0.1) is 0 Å². The summed E-state index contributed by atoms with van der Waals surface area (Å²) in [6.45, 7) is 6.09. The van der Waals surface area contributed by atoms with Gasteiger partial charge in [0.1, 0.15) is 23.2 Å². The van der Waals surface area contributed by atoms with Crippen LogP contribution in [-0.4, -0.2) is 24.4 Å². The first-order chi connectivity index (χ1) is 10.9. The Morgan fingerprint density at radius 1 is 1.13 bits per heavy atom. The number of carbonyl (C=O) groups is 2. The van der Waals surface area contributed by atoms with Crippen molar-refractivity contribution in [3.8, 4) is 0 Å². The molecule has 0 heterocycles. The summed E-state index contributed by atoms with van der Waals surface area (Å²) in [5, 5.41) is 5.17. The van der Waals surface area contributed by atoms with Crippen molar-refractivity contribution in [3.05, 3.63) is 35.4 Å². The molecule has 0 fully saturated rings. The highest BCUT2D eigenvalue weighted by atomic mass is 19.1. The molecule has 1 aromatic carbocycles. The van der Waals surface area contributed by atoms with Crippen LogP contribution >= 0.6 is 0 Å². The summed E-state index contributed by atoms with van der Waals surface area (Å²) < 4.78 is 27.3. The molecule has 6 heteroatoms. The second-order valence-corrected chi connectivity index (χ2v) is 5.79. The molecule has 0 unspecified atom stereocenters. The van der Waals surface area contributed by atoms with Crippen molar-refractivity contribution in [3.63, 3.8) is 0 Å². The molecule has 0 aromatic heterocycles. The van der Waals surface area contributed by atoms with Crippen molar-refractivity contribution in [1.82, 2.24) is 10.6 Å². The van der Waals surface area contributed by atoms with E-state index >= 15 is 0 Å². The summed E-state index contributed by atoms with van der Waals surface area (Å²) in [6, 6.07) is 2.35. The lowest BCUT2D eigenvalue weighted by atomic mass is 10.0. The van der Waals surface area contributed by atoms with Gasteiger partial charge in [-0.3, -0.25) is 9.59 Å². The Morgan fingerprint density at radius 3 is 2.26 bits per heavy atom. The first-order valence-electron chi connectivity index (χ1n) is 7.91. The first-order valence-corrected chi connectivity index (χ1v) is 7.91. The summed E-state index contributed by atoms with van der Waals surface area (Å²) in [7, 11) is 0. The van der Waals surface area contributed by atoms with Crippen LogP contribution in [0.15, 0.2) is 18.2 Å². The molecule has 0 aliphatic rings. The van der Waals surface area contributed by atoms with Crippen LogP contribution in [-0.2, 0) is 4.79 Å². The molecule has 2 N–H and O–H groups in total. The van der Waals surface area contributed by atoms with Crippen molar-refractivity contribution in [1.29, 1.82) is 0 Å². The Hall–Kier alpha value is -1.98. The maximum Gasteiger partial charge on any atom is 0.257 e. The third-order valence-corrected chi connectivity index (χ3v) is 3.51. The highest BCUT2D eigenvalue weighted by Gasteiger charge is 2.26. The van der Waals surface area contributed by atoms with E-state index in [4.69, 9.17) is 0 Å². The Morgan fingerprint density at radius 2 is 1.74 bits per heavy atom. The summed E-state index contributed by atoms with van der Waals surface area (Å²) >= 11 is 0. The van der Waals surface area contributed by atoms with Gasteiger partial charge in [0.2, 0.25) is 5.91 Å². The zero-order valence-corrected chi connectivity index (χ0v) is 13.8. The minimum atomic E-state index is -0.951. The molecule has 1 aromatic rings. The van der Waals surface area contributed by atoms with Crippen LogP contribution in [0.4, 0.5) is 8.78 Å². The normalized spacial score (nSPS) is 12.1. The predicted molar refractivity (Wildman–Crippen MR) is 85.0 cm³/mol. The van der Waals surface area contributed by atoms with Crippen LogP contribution in [0.1, 0.15) is 50.4 Å². The van der Waals surface area contributed by atoms with E-state index in [1.807, 2.05) is 0 Å². The van der Waals surface area contributed by atoms with E-state index in [9.17, 15) is 18.4 Å². The summed E-state index contributed by atoms with van der Waals surface area (Å²) in [5.41, 5.74) is -0.670. The van der Waals surface area contributed by atoms with Gasteiger partial charge in [0.15, 0.2) is 0 Å². The number of nitrogens with one attached hydrogen (secondary N) is 2. The van der Waals surface area contributed by atoms with Gasteiger partial charge in [-0.25, -0.2) is 8.78 Å². The third-order valence-electron chi connectivity index (χ3n) is 3.51. The lowest BCUT2D eigenvalue weighted by Gasteiger charge is -2.22. The molecule has 128 valence electrons. The highest BCUT2D eigenvalue weighted by Crippen LogP contribution is 2.13. The fraction of sp³-hybridized carbons (Fsp3) is 0.529. The van der Waals surface area contributed by atoms with Crippen LogP contribution in [0.25, 0.3) is 0 Å². The topological polar surface area (TPSA) is 58.2 Å². The van der Waals surface area contributed by atoms with Crippen molar-refractivity contribution in [2.45, 2.75) is 46.1 Å². The molecule has 0 spiro atoms. The molecule has 0 saturated carbocycles. The Labute approximate surface area is 135 Å². The van der Waals surface area contributed by atoms with Crippen LogP contribution in [0, 0.1) is 17.6 Å². The quantitative estimate of drug-likeness (QED) is 0.722. The summed E-state index contributed by atoms with van der Waals surface area (Å²) in [4.78, 5) is 24.3. The Kier molecular flexibility index (Phi) is 7.65. The molecule has 0 saturated heterocycles. The molecule has 0 aliphatic heterocycles. The smallest absolute Gasteiger partial charge is 0.257 e. The predicted octanol–water partition coefficient (Wildman–Crippen LogP) is 3.03. The number of carbonyl (C=O) groups excluding carboxylic acids is 2. The average Bonchev–Trinajstić information content (AvgIpc) is 2.48. The number of benzene rings is 1. The fourth-order valence-corrected chi connectivity index (χ4v) is 2.16. The molecule has 1 rings (SSSR count). The highest BCUT2D eigenvalue weighted by molar-refractivity contribution is 5.98. The SMILES string of the molecule is CCCCCNC(=O)[C@@H](NC(=O)c1c(F)cccc1F)C(C)C. The van der Waals surface area contributed by atoms with Gasteiger partial charge >= 0.3 is 0 Å². The number of halogens is 2. The lowest BCUT2D eigenvalue weighted by molar-refractivity contribution is -0.123. The zero-order valence-electron chi connectivity index (χ0n) is 13.8. The van der Waals surface area contributed by atoms with E-state index in [1.165, 1.54) is 6.07 Å². The van der Waals surface area contributed by atoms with Crippen LogP contribution in [0.3, 0.4) is 0 Å². The van der Waals surface area contributed by atoms with Crippen molar-refractivity contribution < 1.29 is 18.4 Å². The van der Waals surface area contributed by atoms with Gasteiger partial charge in [-0.2, -0.15) is 0 Å². The number of hydrogen-bond donors (Lipinski definition) is 2. The molecule has 4 nitrogen and oxygen atoms in total.